The summed E-state index contributed by atoms with van der Waals surface area (Å²) < 4.78 is 5.53. The van der Waals surface area contributed by atoms with Crippen LogP contribution in [0.4, 0.5) is 4.79 Å². The molecule has 1 saturated heterocycles. The average molecular weight is 445 g/mol. The number of halogens is 1. The Hall–Kier alpha value is -2.04. The van der Waals surface area contributed by atoms with Crippen molar-refractivity contribution in [3.63, 3.8) is 0 Å². The fourth-order valence-electron chi connectivity index (χ4n) is 3.63. The van der Waals surface area contributed by atoms with Gasteiger partial charge in [0.2, 0.25) is 0 Å². The lowest BCUT2D eigenvalue weighted by Gasteiger charge is -2.40. The summed E-state index contributed by atoms with van der Waals surface area (Å²) in [5.41, 5.74) is 3.36. The third-order valence-corrected chi connectivity index (χ3v) is 5.46. The maximum Gasteiger partial charge on any atom is 0.410 e. The number of carbonyl (C=O) groups excluding carboxylic acids is 1. The first-order valence-electron chi connectivity index (χ1n) is 11.2. The Balaban J connectivity index is 0.00000166. The molecule has 1 aliphatic rings. The second-order valence-corrected chi connectivity index (χ2v) is 9.20. The number of ether oxygens (including phenoxy) is 1. The lowest BCUT2D eigenvalue weighted by atomic mass is 9.96. The molecule has 3 rings (SSSR count). The lowest BCUT2D eigenvalue weighted by molar-refractivity contribution is 0.0102. The molecule has 0 radical (unpaired) electrons. The van der Waals surface area contributed by atoms with E-state index in [0.717, 1.165) is 24.5 Å². The number of hydrogen-bond acceptors (Lipinski definition) is 3. The zero-order valence-electron chi connectivity index (χ0n) is 19.8. The smallest absolute Gasteiger partial charge is 0.410 e. The van der Waals surface area contributed by atoms with E-state index in [0.29, 0.717) is 13.1 Å². The van der Waals surface area contributed by atoms with Crippen LogP contribution in [0.1, 0.15) is 57.4 Å². The van der Waals surface area contributed by atoms with Gasteiger partial charge >= 0.3 is 6.09 Å². The van der Waals surface area contributed by atoms with Crippen molar-refractivity contribution in [1.29, 1.82) is 0 Å². The first-order valence-corrected chi connectivity index (χ1v) is 11.6. The van der Waals surface area contributed by atoms with Crippen LogP contribution >= 0.6 is 11.6 Å². The molecular weight excluding hydrogens is 408 g/mol. The molecule has 1 fully saturated rings. The molecule has 4 nitrogen and oxygen atoms in total. The average Bonchev–Trinajstić information content (AvgIpc) is 2.74. The Labute approximate surface area is 193 Å². The van der Waals surface area contributed by atoms with Gasteiger partial charge in [0.25, 0.3) is 0 Å². The number of rotatable bonds is 4. The van der Waals surface area contributed by atoms with Crippen LogP contribution in [0.5, 0.6) is 0 Å². The van der Waals surface area contributed by atoms with E-state index in [9.17, 15) is 4.79 Å². The summed E-state index contributed by atoms with van der Waals surface area (Å²) in [4.78, 5) is 16.7. The molecule has 1 atom stereocenters. The number of amides is 1. The van der Waals surface area contributed by atoms with Gasteiger partial charge in [-0.1, -0.05) is 67.4 Å². The van der Waals surface area contributed by atoms with Crippen LogP contribution < -0.4 is 0 Å². The minimum absolute atomic E-state index is 0.223. The zero-order valence-corrected chi connectivity index (χ0v) is 20.6. The van der Waals surface area contributed by atoms with Crippen LogP contribution in [0, 0.1) is 6.92 Å². The molecule has 170 valence electrons. The molecule has 0 N–H and O–H groups in total. The molecule has 0 aliphatic carbocycles. The lowest BCUT2D eigenvalue weighted by Crippen LogP contribution is -2.51. The zero-order chi connectivity index (χ0) is 23.0. The van der Waals surface area contributed by atoms with Gasteiger partial charge in [0.15, 0.2) is 0 Å². The maximum atomic E-state index is 12.4. The molecule has 0 saturated carbocycles. The van der Waals surface area contributed by atoms with Gasteiger partial charge in [-0.15, -0.1) is 0 Å². The standard InChI is InChI=1S/C24H31ClN2O2.C2H6/c1-18-5-7-19(8-6-18)17-22(20-9-11-21(25)12-10-20)26-13-15-27(16-14-26)23(28)29-24(2,3)4;1-2/h5-12,22H,13-17H2,1-4H3;1-2H3. The van der Waals surface area contributed by atoms with Crippen molar-refractivity contribution >= 4 is 17.7 Å². The molecule has 1 amide bonds. The first kappa shape index (κ1) is 25.2. The molecule has 5 heteroatoms. The van der Waals surface area contributed by atoms with Crippen LogP contribution in [-0.4, -0.2) is 47.7 Å². The van der Waals surface area contributed by atoms with Crippen molar-refractivity contribution in [3.8, 4) is 0 Å². The Kier molecular flexibility index (Phi) is 9.39. The highest BCUT2D eigenvalue weighted by atomic mass is 35.5. The van der Waals surface area contributed by atoms with Crippen molar-refractivity contribution in [2.24, 2.45) is 0 Å². The van der Waals surface area contributed by atoms with Crippen LogP contribution in [-0.2, 0) is 11.2 Å². The van der Waals surface area contributed by atoms with Crippen LogP contribution in [0.2, 0.25) is 5.02 Å². The summed E-state index contributed by atoms with van der Waals surface area (Å²) in [7, 11) is 0. The summed E-state index contributed by atoms with van der Waals surface area (Å²) in [6, 6.07) is 17.1. The normalized spacial score (nSPS) is 15.6. The van der Waals surface area contributed by atoms with Crippen LogP contribution in [0.15, 0.2) is 48.5 Å². The van der Waals surface area contributed by atoms with Crippen LogP contribution in [0.3, 0.4) is 0 Å². The van der Waals surface area contributed by atoms with E-state index < -0.39 is 5.60 Å². The van der Waals surface area contributed by atoms with E-state index in [1.165, 1.54) is 16.7 Å². The van der Waals surface area contributed by atoms with E-state index in [-0.39, 0.29) is 12.1 Å². The third kappa shape index (κ3) is 7.86. The number of benzene rings is 2. The van der Waals surface area contributed by atoms with Gasteiger partial charge in [0.05, 0.1) is 0 Å². The summed E-state index contributed by atoms with van der Waals surface area (Å²) in [5, 5.41) is 0.748. The van der Waals surface area contributed by atoms with Crippen molar-refractivity contribution in [2.75, 3.05) is 26.2 Å². The highest BCUT2D eigenvalue weighted by molar-refractivity contribution is 6.30. The molecule has 1 unspecified atom stereocenters. The number of nitrogens with zero attached hydrogens (tertiary/aromatic N) is 2. The Bertz CT molecular complexity index is 805. The highest BCUT2D eigenvalue weighted by Crippen LogP contribution is 2.28. The summed E-state index contributed by atoms with van der Waals surface area (Å²) in [6.07, 6.45) is 0.702. The molecule has 31 heavy (non-hydrogen) atoms. The van der Waals surface area contributed by atoms with Gasteiger partial charge in [-0.2, -0.15) is 0 Å². The van der Waals surface area contributed by atoms with E-state index in [1.54, 1.807) is 0 Å². The summed E-state index contributed by atoms with van der Waals surface area (Å²) in [6.45, 7) is 14.8. The fourth-order valence-corrected chi connectivity index (χ4v) is 3.76. The number of piperazine rings is 1. The predicted octanol–water partition coefficient (Wildman–Crippen LogP) is 6.51. The second-order valence-electron chi connectivity index (χ2n) is 8.76. The van der Waals surface area contributed by atoms with E-state index >= 15 is 0 Å². The fraction of sp³-hybridized carbons (Fsp3) is 0.500. The molecule has 2 aromatic rings. The minimum Gasteiger partial charge on any atom is -0.444 e. The van der Waals surface area contributed by atoms with E-state index in [1.807, 2.05) is 51.7 Å². The van der Waals surface area contributed by atoms with E-state index in [4.69, 9.17) is 16.3 Å². The molecule has 2 aromatic carbocycles. The Morgan fingerprint density at radius 2 is 1.52 bits per heavy atom. The molecule has 1 heterocycles. The topological polar surface area (TPSA) is 32.8 Å². The van der Waals surface area contributed by atoms with Crippen LogP contribution in [0.25, 0.3) is 0 Å². The molecule has 0 spiro atoms. The summed E-state index contributed by atoms with van der Waals surface area (Å²) in [5.74, 6) is 0. The monoisotopic (exact) mass is 444 g/mol. The molecule has 1 aliphatic heterocycles. The van der Waals surface area contributed by atoms with Gasteiger partial charge in [-0.25, -0.2) is 4.79 Å². The molecular formula is C26H37ClN2O2. The SMILES string of the molecule is CC.Cc1ccc(CC(c2ccc(Cl)cc2)N2CCN(C(=O)OC(C)(C)C)CC2)cc1. The van der Waals surface area contributed by atoms with Crippen molar-refractivity contribution < 1.29 is 9.53 Å². The van der Waals surface area contributed by atoms with Crippen molar-refractivity contribution in [2.45, 2.75) is 59.6 Å². The molecule has 0 aromatic heterocycles. The molecule has 0 bridgehead atoms. The van der Waals surface area contributed by atoms with Crippen molar-refractivity contribution in [1.82, 2.24) is 9.80 Å². The third-order valence-electron chi connectivity index (χ3n) is 5.21. The van der Waals surface area contributed by atoms with Gasteiger partial charge in [0, 0.05) is 37.2 Å². The maximum absolute atomic E-state index is 12.4. The Morgan fingerprint density at radius 1 is 0.968 bits per heavy atom. The van der Waals surface area contributed by atoms with Gasteiger partial charge in [0.1, 0.15) is 5.60 Å². The van der Waals surface area contributed by atoms with E-state index in [2.05, 4.69) is 48.2 Å². The first-order chi connectivity index (χ1) is 14.7. The minimum atomic E-state index is -0.467. The predicted molar refractivity (Wildman–Crippen MR) is 130 cm³/mol. The number of aryl methyl sites for hydroxylation is 1. The van der Waals surface area contributed by atoms with Gasteiger partial charge in [-0.3, -0.25) is 4.90 Å². The quantitative estimate of drug-likeness (QED) is 0.538. The second kappa shape index (κ2) is 11.5. The largest absolute Gasteiger partial charge is 0.444 e. The number of hydrogen-bond donors (Lipinski definition) is 0. The Morgan fingerprint density at radius 3 is 2.03 bits per heavy atom. The van der Waals surface area contributed by atoms with Gasteiger partial charge < -0.3 is 9.64 Å². The number of carbonyl (C=O) groups is 1. The van der Waals surface area contributed by atoms with Crippen molar-refractivity contribution in [3.05, 3.63) is 70.2 Å². The van der Waals surface area contributed by atoms with Gasteiger partial charge in [-0.05, 0) is 57.4 Å². The summed E-state index contributed by atoms with van der Waals surface area (Å²) >= 11 is 6.11. The highest BCUT2D eigenvalue weighted by Gasteiger charge is 2.29.